The van der Waals surface area contributed by atoms with Crippen LogP contribution in [0, 0.1) is 13.8 Å². The second-order valence-electron chi connectivity index (χ2n) is 7.15. The van der Waals surface area contributed by atoms with E-state index in [4.69, 9.17) is 9.47 Å². The third-order valence-electron chi connectivity index (χ3n) is 5.13. The second kappa shape index (κ2) is 8.28. The van der Waals surface area contributed by atoms with E-state index in [0.29, 0.717) is 22.8 Å². The van der Waals surface area contributed by atoms with E-state index in [2.05, 4.69) is 5.32 Å². The van der Waals surface area contributed by atoms with Crippen LogP contribution in [0.2, 0.25) is 0 Å². The lowest BCUT2D eigenvalue weighted by Gasteiger charge is -2.19. The molecular formula is C24H22N2O4S. The number of methoxy groups -OCH3 is 2. The highest BCUT2D eigenvalue weighted by atomic mass is 32.1. The fraction of sp³-hybridized carbons (Fsp3) is 0.167. The van der Waals surface area contributed by atoms with Crippen molar-refractivity contribution in [3.63, 3.8) is 0 Å². The molecule has 2 amide bonds. The number of hydrogen-bond acceptors (Lipinski definition) is 6. The Morgan fingerprint density at radius 2 is 1.74 bits per heavy atom. The summed E-state index contributed by atoms with van der Waals surface area (Å²) >= 11 is 1.41. The van der Waals surface area contributed by atoms with Crippen LogP contribution < -0.4 is 19.7 Å². The highest BCUT2D eigenvalue weighted by Gasteiger charge is 2.42. The third kappa shape index (κ3) is 3.68. The maximum atomic E-state index is 13.5. The van der Waals surface area contributed by atoms with Crippen molar-refractivity contribution in [3.8, 4) is 11.5 Å². The van der Waals surface area contributed by atoms with Gasteiger partial charge in [-0.05, 0) is 54.6 Å². The average Bonchev–Trinajstić information content (AvgIpc) is 3.37. The van der Waals surface area contributed by atoms with Crippen LogP contribution in [0.25, 0.3) is 5.57 Å². The van der Waals surface area contributed by atoms with Gasteiger partial charge in [-0.3, -0.25) is 9.59 Å². The SMILES string of the molecule is COc1ccc(N2C(=O)C(Nc3cc(C)ccc3C)=C(c3cccs3)C2=O)c(OC)c1. The van der Waals surface area contributed by atoms with Crippen molar-refractivity contribution in [2.75, 3.05) is 24.4 Å². The monoisotopic (exact) mass is 434 g/mol. The number of nitrogens with one attached hydrogen (secondary N) is 1. The molecule has 0 bridgehead atoms. The minimum Gasteiger partial charge on any atom is -0.497 e. The lowest BCUT2D eigenvalue weighted by molar-refractivity contribution is -0.120. The first-order valence-corrected chi connectivity index (χ1v) is 10.6. The summed E-state index contributed by atoms with van der Waals surface area (Å²) < 4.78 is 10.7. The maximum Gasteiger partial charge on any atom is 0.282 e. The predicted octanol–water partition coefficient (Wildman–Crippen LogP) is 4.78. The van der Waals surface area contributed by atoms with Gasteiger partial charge in [-0.15, -0.1) is 11.3 Å². The molecule has 0 spiro atoms. The van der Waals surface area contributed by atoms with Crippen molar-refractivity contribution >= 4 is 40.1 Å². The second-order valence-corrected chi connectivity index (χ2v) is 8.10. The number of rotatable bonds is 6. The summed E-state index contributed by atoms with van der Waals surface area (Å²) in [5, 5.41) is 5.12. The van der Waals surface area contributed by atoms with Crippen LogP contribution in [0.1, 0.15) is 16.0 Å². The molecule has 1 N–H and O–H groups in total. The number of ether oxygens (including phenoxy) is 2. The first-order valence-electron chi connectivity index (χ1n) is 9.68. The van der Waals surface area contributed by atoms with Crippen molar-refractivity contribution in [3.05, 3.63) is 75.6 Å². The molecule has 31 heavy (non-hydrogen) atoms. The Bertz CT molecular complexity index is 1200. The topological polar surface area (TPSA) is 67.9 Å². The van der Waals surface area contributed by atoms with Gasteiger partial charge in [-0.2, -0.15) is 0 Å². The van der Waals surface area contributed by atoms with Crippen LogP contribution in [-0.4, -0.2) is 26.0 Å². The van der Waals surface area contributed by atoms with E-state index >= 15 is 0 Å². The van der Waals surface area contributed by atoms with E-state index in [1.807, 2.05) is 49.6 Å². The smallest absolute Gasteiger partial charge is 0.282 e. The highest BCUT2D eigenvalue weighted by Crippen LogP contribution is 2.40. The number of benzene rings is 2. The van der Waals surface area contributed by atoms with Crippen molar-refractivity contribution in [2.24, 2.45) is 0 Å². The molecular weight excluding hydrogens is 412 g/mol. The Balaban J connectivity index is 1.83. The summed E-state index contributed by atoms with van der Waals surface area (Å²) in [6.45, 7) is 3.94. The summed E-state index contributed by atoms with van der Waals surface area (Å²) in [6, 6.07) is 14.6. The summed E-state index contributed by atoms with van der Waals surface area (Å²) in [6.07, 6.45) is 0. The number of carbonyl (C=O) groups is 2. The Morgan fingerprint density at radius 1 is 0.935 bits per heavy atom. The average molecular weight is 435 g/mol. The summed E-state index contributed by atoms with van der Waals surface area (Å²) in [5.41, 5.74) is 3.78. The predicted molar refractivity (Wildman–Crippen MR) is 123 cm³/mol. The molecule has 3 aromatic rings. The fourth-order valence-electron chi connectivity index (χ4n) is 3.49. The Labute approximate surface area is 184 Å². The van der Waals surface area contributed by atoms with Gasteiger partial charge < -0.3 is 14.8 Å². The molecule has 4 rings (SSSR count). The highest BCUT2D eigenvalue weighted by molar-refractivity contribution is 7.11. The van der Waals surface area contributed by atoms with Gasteiger partial charge in [0.15, 0.2) is 0 Å². The van der Waals surface area contributed by atoms with Crippen LogP contribution in [0.15, 0.2) is 59.6 Å². The molecule has 1 aliphatic heterocycles. The van der Waals surface area contributed by atoms with Gasteiger partial charge in [0.1, 0.15) is 17.2 Å². The van der Waals surface area contributed by atoms with Gasteiger partial charge >= 0.3 is 0 Å². The van der Waals surface area contributed by atoms with E-state index in [1.54, 1.807) is 25.3 Å². The molecule has 6 nitrogen and oxygen atoms in total. The Kier molecular flexibility index (Phi) is 5.52. The Morgan fingerprint density at radius 3 is 2.42 bits per heavy atom. The van der Waals surface area contributed by atoms with Crippen LogP contribution in [-0.2, 0) is 9.59 Å². The largest absolute Gasteiger partial charge is 0.497 e. The lowest BCUT2D eigenvalue weighted by atomic mass is 10.1. The standard InChI is InChI=1S/C24H22N2O4S/c1-14-7-8-15(2)17(12-14)25-22-21(20-6-5-11-31-20)23(27)26(24(22)28)18-10-9-16(29-3)13-19(18)30-4/h5-13,25H,1-4H3. The number of hydrogen-bond donors (Lipinski definition) is 1. The van der Waals surface area contributed by atoms with E-state index < -0.39 is 11.8 Å². The summed E-state index contributed by atoms with van der Waals surface area (Å²) in [7, 11) is 3.04. The molecule has 2 heterocycles. The number of nitrogens with zero attached hydrogens (tertiary/aromatic N) is 1. The molecule has 158 valence electrons. The van der Waals surface area contributed by atoms with E-state index in [0.717, 1.165) is 26.6 Å². The van der Waals surface area contributed by atoms with Gasteiger partial charge in [0.2, 0.25) is 0 Å². The third-order valence-corrected chi connectivity index (χ3v) is 6.02. The zero-order chi connectivity index (χ0) is 22.1. The molecule has 0 unspecified atom stereocenters. The van der Waals surface area contributed by atoms with Gasteiger partial charge in [0.25, 0.3) is 11.8 Å². The molecule has 1 aromatic heterocycles. The van der Waals surface area contributed by atoms with Gasteiger partial charge in [0.05, 0.1) is 25.5 Å². The van der Waals surface area contributed by atoms with Crippen molar-refractivity contribution < 1.29 is 19.1 Å². The fourth-order valence-corrected chi connectivity index (χ4v) is 4.26. The van der Waals surface area contributed by atoms with E-state index in [1.165, 1.54) is 18.4 Å². The molecule has 0 aliphatic carbocycles. The van der Waals surface area contributed by atoms with Gasteiger partial charge in [-0.25, -0.2) is 4.90 Å². The normalized spacial score (nSPS) is 13.7. The van der Waals surface area contributed by atoms with Crippen molar-refractivity contribution in [2.45, 2.75) is 13.8 Å². The van der Waals surface area contributed by atoms with E-state index in [-0.39, 0.29) is 5.70 Å². The van der Waals surface area contributed by atoms with Crippen LogP contribution in [0.3, 0.4) is 0 Å². The molecule has 7 heteroatoms. The number of thiophene rings is 1. The molecule has 1 aliphatic rings. The first kappa shape index (κ1) is 20.7. The molecule has 0 atom stereocenters. The Hall–Kier alpha value is -3.58. The van der Waals surface area contributed by atoms with Crippen LogP contribution >= 0.6 is 11.3 Å². The zero-order valence-corrected chi connectivity index (χ0v) is 18.5. The number of aryl methyl sites for hydroxylation is 2. The summed E-state index contributed by atoms with van der Waals surface area (Å²) in [5.74, 6) is 0.112. The number of imide groups is 1. The molecule has 0 fully saturated rings. The van der Waals surface area contributed by atoms with Gasteiger partial charge in [0, 0.05) is 16.6 Å². The van der Waals surface area contributed by atoms with Crippen molar-refractivity contribution in [1.82, 2.24) is 0 Å². The molecule has 0 radical (unpaired) electrons. The molecule has 2 aromatic carbocycles. The van der Waals surface area contributed by atoms with Crippen molar-refractivity contribution in [1.29, 1.82) is 0 Å². The minimum absolute atomic E-state index is 0.249. The van der Waals surface area contributed by atoms with Gasteiger partial charge in [-0.1, -0.05) is 18.2 Å². The van der Waals surface area contributed by atoms with Crippen LogP contribution in [0.4, 0.5) is 11.4 Å². The molecule has 0 saturated carbocycles. The number of carbonyl (C=O) groups excluding carboxylic acids is 2. The summed E-state index contributed by atoms with van der Waals surface area (Å²) in [4.78, 5) is 28.9. The van der Waals surface area contributed by atoms with Crippen LogP contribution in [0.5, 0.6) is 11.5 Å². The van der Waals surface area contributed by atoms with E-state index in [9.17, 15) is 9.59 Å². The first-order chi connectivity index (χ1) is 14.9. The molecule has 0 saturated heterocycles. The number of amides is 2. The zero-order valence-electron chi connectivity index (χ0n) is 17.7. The lowest BCUT2D eigenvalue weighted by Crippen LogP contribution is -2.32. The number of anilines is 2. The quantitative estimate of drug-likeness (QED) is 0.566. The maximum absolute atomic E-state index is 13.5. The minimum atomic E-state index is -0.433.